The number of nitrogens with one attached hydrogen (secondary N) is 1. The van der Waals surface area contributed by atoms with Gasteiger partial charge in [0.25, 0.3) is 0 Å². The van der Waals surface area contributed by atoms with Crippen LogP contribution in [0, 0.1) is 6.92 Å². The van der Waals surface area contributed by atoms with Gasteiger partial charge in [-0.1, -0.05) is 54.9 Å². The zero-order valence-corrected chi connectivity index (χ0v) is 19.7. The third-order valence-corrected chi connectivity index (χ3v) is 6.48. The summed E-state index contributed by atoms with van der Waals surface area (Å²) in [4.78, 5) is 27.4. The van der Waals surface area contributed by atoms with Crippen LogP contribution in [0.3, 0.4) is 0 Å². The monoisotopic (exact) mass is 465 g/mol. The maximum atomic E-state index is 13.4. The van der Waals surface area contributed by atoms with Gasteiger partial charge in [-0.2, -0.15) is 0 Å². The molecule has 0 bridgehead atoms. The summed E-state index contributed by atoms with van der Waals surface area (Å²) in [7, 11) is -2.30. The number of benzene rings is 2. The first-order chi connectivity index (χ1) is 14.6. The highest BCUT2D eigenvalue weighted by atomic mass is 35.5. The number of sulfonamides is 1. The number of hydrogen-bond donors (Lipinski definition) is 1. The van der Waals surface area contributed by atoms with Gasteiger partial charge in [-0.3, -0.25) is 13.9 Å². The summed E-state index contributed by atoms with van der Waals surface area (Å²) in [6.45, 7) is 3.44. The third kappa shape index (κ3) is 6.21. The van der Waals surface area contributed by atoms with Gasteiger partial charge in [0, 0.05) is 13.6 Å². The van der Waals surface area contributed by atoms with Gasteiger partial charge in [0.2, 0.25) is 21.8 Å². The second-order valence-corrected chi connectivity index (χ2v) is 9.52. The Hall–Kier alpha value is -2.58. The molecule has 1 N–H and O–H groups in total. The van der Waals surface area contributed by atoms with Gasteiger partial charge in [-0.05, 0) is 36.6 Å². The van der Waals surface area contributed by atoms with Crippen molar-refractivity contribution in [2.75, 3.05) is 24.2 Å². The summed E-state index contributed by atoms with van der Waals surface area (Å²) in [5.41, 5.74) is 2.06. The summed E-state index contributed by atoms with van der Waals surface area (Å²) in [6, 6.07) is 13.2. The van der Waals surface area contributed by atoms with E-state index >= 15 is 0 Å². The number of likely N-dealkylation sites (N-methyl/N-ethyl adjacent to an activating group) is 1. The molecule has 0 aliphatic rings. The number of aryl methyl sites for hydroxylation is 1. The van der Waals surface area contributed by atoms with Crippen molar-refractivity contribution >= 4 is 39.1 Å². The minimum Gasteiger partial charge on any atom is -0.357 e. The molecule has 0 unspecified atom stereocenters. The van der Waals surface area contributed by atoms with E-state index in [0.717, 1.165) is 21.7 Å². The number of halogens is 1. The van der Waals surface area contributed by atoms with Crippen LogP contribution >= 0.6 is 11.6 Å². The van der Waals surface area contributed by atoms with Crippen molar-refractivity contribution in [3.63, 3.8) is 0 Å². The van der Waals surface area contributed by atoms with Crippen LogP contribution in [0.15, 0.2) is 48.5 Å². The number of carbonyl (C=O) groups is 2. The molecule has 7 nitrogen and oxygen atoms in total. The van der Waals surface area contributed by atoms with Crippen molar-refractivity contribution in [1.29, 1.82) is 0 Å². The van der Waals surface area contributed by atoms with Gasteiger partial charge in [0.1, 0.15) is 12.6 Å². The quantitative estimate of drug-likeness (QED) is 0.616. The lowest BCUT2D eigenvalue weighted by Gasteiger charge is -2.33. The SMILES string of the molecule is CC[C@@H](C(=O)NC)N(Cc1ccccc1C)C(=O)CN(c1ccccc1Cl)S(C)(=O)=O. The van der Waals surface area contributed by atoms with Gasteiger partial charge in [-0.15, -0.1) is 0 Å². The Morgan fingerprint density at radius 2 is 1.71 bits per heavy atom. The van der Waals surface area contributed by atoms with E-state index in [9.17, 15) is 18.0 Å². The summed E-state index contributed by atoms with van der Waals surface area (Å²) >= 11 is 6.21. The molecule has 0 aliphatic heterocycles. The summed E-state index contributed by atoms with van der Waals surface area (Å²) in [5, 5.41) is 2.80. The van der Waals surface area contributed by atoms with Crippen LogP contribution in [-0.2, 0) is 26.2 Å². The predicted octanol–water partition coefficient (Wildman–Crippen LogP) is 2.97. The minimum absolute atomic E-state index is 0.178. The smallest absolute Gasteiger partial charge is 0.244 e. The maximum absolute atomic E-state index is 13.4. The van der Waals surface area contributed by atoms with E-state index in [1.165, 1.54) is 11.9 Å². The highest BCUT2D eigenvalue weighted by Crippen LogP contribution is 2.27. The lowest BCUT2D eigenvalue weighted by atomic mass is 10.1. The summed E-state index contributed by atoms with van der Waals surface area (Å²) in [6.07, 6.45) is 1.40. The van der Waals surface area contributed by atoms with E-state index in [4.69, 9.17) is 11.6 Å². The molecule has 0 heterocycles. The molecule has 0 aromatic heterocycles. The molecular weight excluding hydrogens is 438 g/mol. The van der Waals surface area contributed by atoms with E-state index in [2.05, 4.69) is 5.32 Å². The fourth-order valence-electron chi connectivity index (χ4n) is 3.31. The molecule has 2 amide bonds. The van der Waals surface area contributed by atoms with E-state index in [0.29, 0.717) is 6.42 Å². The number of anilines is 1. The largest absolute Gasteiger partial charge is 0.357 e. The van der Waals surface area contributed by atoms with Crippen LogP contribution in [0.4, 0.5) is 5.69 Å². The molecule has 31 heavy (non-hydrogen) atoms. The van der Waals surface area contributed by atoms with Gasteiger partial charge in [0.15, 0.2) is 0 Å². The Bertz CT molecular complexity index is 1040. The highest BCUT2D eigenvalue weighted by molar-refractivity contribution is 7.92. The lowest BCUT2D eigenvalue weighted by Crippen LogP contribution is -2.51. The van der Waals surface area contributed by atoms with E-state index < -0.39 is 28.5 Å². The number of carbonyl (C=O) groups excluding carboxylic acids is 2. The minimum atomic E-state index is -3.81. The Morgan fingerprint density at radius 3 is 2.26 bits per heavy atom. The molecule has 168 valence electrons. The fraction of sp³-hybridized carbons (Fsp3) is 0.364. The second-order valence-electron chi connectivity index (χ2n) is 7.21. The van der Waals surface area contributed by atoms with Crippen molar-refractivity contribution in [2.24, 2.45) is 0 Å². The van der Waals surface area contributed by atoms with Crippen LogP contribution in [0.25, 0.3) is 0 Å². The Morgan fingerprint density at radius 1 is 1.10 bits per heavy atom. The molecule has 0 aliphatic carbocycles. The van der Waals surface area contributed by atoms with Gasteiger partial charge in [0.05, 0.1) is 17.0 Å². The molecule has 0 saturated carbocycles. The van der Waals surface area contributed by atoms with Crippen molar-refractivity contribution in [2.45, 2.75) is 32.9 Å². The zero-order chi connectivity index (χ0) is 23.2. The molecule has 0 fully saturated rings. The number of amides is 2. The highest BCUT2D eigenvalue weighted by Gasteiger charge is 2.32. The van der Waals surface area contributed by atoms with Crippen molar-refractivity contribution in [3.8, 4) is 0 Å². The first-order valence-electron chi connectivity index (χ1n) is 9.88. The summed E-state index contributed by atoms with van der Waals surface area (Å²) in [5.74, 6) is -0.808. The van der Waals surface area contributed by atoms with E-state index in [1.807, 2.05) is 31.2 Å². The normalized spacial score (nSPS) is 12.2. The first-order valence-corrected chi connectivity index (χ1v) is 12.1. The lowest BCUT2D eigenvalue weighted by molar-refractivity contribution is -0.140. The Balaban J connectivity index is 2.46. The van der Waals surface area contributed by atoms with Crippen LogP contribution in [0.2, 0.25) is 5.02 Å². The van der Waals surface area contributed by atoms with Crippen molar-refractivity contribution in [1.82, 2.24) is 10.2 Å². The van der Waals surface area contributed by atoms with Gasteiger partial charge < -0.3 is 10.2 Å². The second kappa shape index (κ2) is 10.6. The molecule has 1 atom stereocenters. The van der Waals surface area contributed by atoms with E-state index in [1.54, 1.807) is 31.2 Å². The number of hydrogen-bond acceptors (Lipinski definition) is 4. The molecule has 0 radical (unpaired) electrons. The number of rotatable bonds is 9. The molecule has 9 heteroatoms. The molecule has 0 spiro atoms. The standard InChI is InChI=1S/C22H28ClN3O4S/c1-5-19(22(28)24-3)25(14-17-11-7-6-10-16(17)2)21(27)15-26(31(4,29)30)20-13-9-8-12-18(20)23/h6-13,19H,5,14-15H2,1-4H3,(H,24,28)/t19-/m0/s1. The summed E-state index contributed by atoms with van der Waals surface area (Å²) < 4.78 is 26.0. The Kier molecular flexibility index (Phi) is 8.47. The number of para-hydroxylation sites is 1. The molecule has 2 rings (SSSR count). The zero-order valence-electron chi connectivity index (χ0n) is 18.1. The third-order valence-electron chi connectivity index (χ3n) is 5.03. The Labute approximate surface area is 189 Å². The first kappa shape index (κ1) is 24.7. The van der Waals surface area contributed by atoms with Crippen LogP contribution in [-0.4, -0.2) is 51.0 Å². The van der Waals surface area contributed by atoms with Crippen molar-refractivity contribution < 1.29 is 18.0 Å². The molecular formula is C22H28ClN3O4S. The molecule has 2 aromatic rings. The average molecular weight is 466 g/mol. The molecule has 0 saturated heterocycles. The topological polar surface area (TPSA) is 86.8 Å². The van der Waals surface area contributed by atoms with Crippen LogP contribution in [0.1, 0.15) is 24.5 Å². The molecule has 2 aromatic carbocycles. The fourth-order valence-corrected chi connectivity index (χ4v) is 4.46. The van der Waals surface area contributed by atoms with Crippen LogP contribution in [0.5, 0.6) is 0 Å². The predicted molar refractivity (Wildman–Crippen MR) is 124 cm³/mol. The number of nitrogens with zero attached hydrogens (tertiary/aromatic N) is 2. The van der Waals surface area contributed by atoms with Gasteiger partial charge >= 0.3 is 0 Å². The van der Waals surface area contributed by atoms with Crippen LogP contribution < -0.4 is 9.62 Å². The van der Waals surface area contributed by atoms with E-state index in [-0.39, 0.29) is 23.2 Å². The van der Waals surface area contributed by atoms with Crippen molar-refractivity contribution in [3.05, 3.63) is 64.7 Å². The average Bonchev–Trinajstić information content (AvgIpc) is 2.72. The van der Waals surface area contributed by atoms with Gasteiger partial charge in [-0.25, -0.2) is 8.42 Å². The maximum Gasteiger partial charge on any atom is 0.244 e.